The largest absolute Gasteiger partial charge is 0.329 e. The lowest BCUT2D eigenvalue weighted by molar-refractivity contribution is 0.277. The van der Waals surface area contributed by atoms with Gasteiger partial charge in [0.25, 0.3) is 0 Å². The van der Waals surface area contributed by atoms with Crippen molar-refractivity contribution in [3.05, 3.63) is 0 Å². The predicted molar refractivity (Wildman–Crippen MR) is 69.3 cm³/mol. The molecule has 0 aromatic carbocycles. The van der Waals surface area contributed by atoms with Gasteiger partial charge in [-0.3, -0.25) is 0 Å². The topological polar surface area (TPSA) is 63.4 Å². The van der Waals surface area contributed by atoms with E-state index in [1.165, 1.54) is 0 Å². The third-order valence-corrected chi connectivity index (χ3v) is 4.43. The molecule has 0 aliphatic rings. The Bertz CT molecular complexity index is 253. The number of sulfone groups is 1. The molecule has 0 aliphatic carbocycles. The molecule has 0 atom stereocenters. The molecule has 0 aromatic heterocycles. The highest BCUT2D eigenvalue weighted by Crippen LogP contribution is 1.99. The summed E-state index contributed by atoms with van der Waals surface area (Å²) in [5.74, 6) is 0.551. The maximum absolute atomic E-state index is 11.3. The molecule has 0 unspecified atom stereocenters. The molecule has 0 amide bonds. The van der Waals surface area contributed by atoms with Gasteiger partial charge in [0.15, 0.2) is 0 Å². The molecule has 0 spiro atoms. The van der Waals surface area contributed by atoms with Gasteiger partial charge < -0.3 is 10.6 Å². The van der Waals surface area contributed by atoms with E-state index in [2.05, 4.69) is 11.8 Å². The average molecular weight is 250 g/mol. The lowest BCUT2D eigenvalue weighted by Crippen LogP contribution is -2.32. The summed E-state index contributed by atoms with van der Waals surface area (Å²) < 4.78 is 22.6. The van der Waals surface area contributed by atoms with Gasteiger partial charge in [0.05, 0.1) is 5.75 Å². The molecule has 0 fully saturated rings. The summed E-state index contributed by atoms with van der Waals surface area (Å²) >= 11 is 0. The molecular weight excluding hydrogens is 224 g/mol. The first-order chi connectivity index (χ1) is 7.55. The van der Waals surface area contributed by atoms with Gasteiger partial charge in [0.1, 0.15) is 9.84 Å². The average Bonchev–Trinajstić information content (AvgIpc) is 2.25. The quantitative estimate of drug-likeness (QED) is 0.625. The van der Waals surface area contributed by atoms with Crippen LogP contribution in [0.1, 0.15) is 33.1 Å². The van der Waals surface area contributed by atoms with Crippen molar-refractivity contribution in [2.24, 2.45) is 5.73 Å². The van der Waals surface area contributed by atoms with Crippen LogP contribution >= 0.6 is 0 Å². The Morgan fingerprint density at radius 3 is 2.19 bits per heavy atom. The van der Waals surface area contributed by atoms with Crippen LogP contribution in [-0.2, 0) is 9.84 Å². The Balaban J connectivity index is 3.83. The van der Waals surface area contributed by atoms with Gasteiger partial charge in [-0.1, -0.05) is 20.3 Å². The van der Waals surface area contributed by atoms with Crippen LogP contribution in [0.4, 0.5) is 0 Å². The molecule has 4 nitrogen and oxygen atoms in total. The van der Waals surface area contributed by atoms with E-state index in [-0.39, 0.29) is 5.75 Å². The van der Waals surface area contributed by atoms with E-state index in [0.29, 0.717) is 12.3 Å². The van der Waals surface area contributed by atoms with Gasteiger partial charge in [-0.15, -0.1) is 0 Å². The molecule has 2 N–H and O–H groups in total. The molecule has 0 radical (unpaired) electrons. The standard InChI is InChI=1S/C11H26N2O2S/c1-3-5-8-13(10-7-12)9-6-11-16(14,15)4-2/h3-12H2,1-2H3. The summed E-state index contributed by atoms with van der Waals surface area (Å²) in [5.41, 5.74) is 5.52. The summed E-state index contributed by atoms with van der Waals surface area (Å²) in [6.07, 6.45) is 3.04. The number of hydrogen-bond donors (Lipinski definition) is 1. The first-order valence-electron chi connectivity index (χ1n) is 6.18. The van der Waals surface area contributed by atoms with E-state index in [1.54, 1.807) is 6.92 Å². The van der Waals surface area contributed by atoms with E-state index >= 15 is 0 Å². The second-order valence-corrected chi connectivity index (χ2v) is 6.55. The van der Waals surface area contributed by atoms with Gasteiger partial charge in [0, 0.05) is 18.8 Å². The lowest BCUT2D eigenvalue weighted by atomic mass is 10.3. The van der Waals surface area contributed by atoms with E-state index in [4.69, 9.17) is 5.73 Å². The minimum atomic E-state index is -2.81. The van der Waals surface area contributed by atoms with Crippen molar-refractivity contribution in [1.82, 2.24) is 4.90 Å². The first kappa shape index (κ1) is 15.9. The van der Waals surface area contributed by atoms with Gasteiger partial charge in [-0.25, -0.2) is 8.42 Å². The van der Waals surface area contributed by atoms with Crippen molar-refractivity contribution in [2.75, 3.05) is 37.7 Å². The maximum atomic E-state index is 11.3. The fourth-order valence-electron chi connectivity index (χ4n) is 1.55. The van der Waals surface area contributed by atoms with Crippen molar-refractivity contribution in [2.45, 2.75) is 33.1 Å². The molecule has 5 heteroatoms. The highest BCUT2D eigenvalue weighted by atomic mass is 32.2. The van der Waals surface area contributed by atoms with Gasteiger partial charge in [0.2, 0.25) is 0 Å². The van der Waals surface area contributed by atoms with Crippen LogP contribution in [0.25, 0.3) is 0 Å². The third kappa shape index (κ3) is 8.07. The summed E-state index contributed by atoms with van der Waals surface area (Å²) in [6.45, 7) is 7.24. The van der Waals surface area contributed by atoms with Crippen molar-refractivity contribution in [3.63, 3.8) is 0 Å². The summed E-state index contributed by atoms with van der Waals surface area (Å²) in [6, 6.07) is 0. The van der Waals surface area contributed by atoms with Crippen molar-refractivity contribution in [1.29, 1.82) is 0 Å². The second-order valence-electron chi connectivity index (χ2n) is 4.07. The summed E-state index contributed by atoms with van der Waals surface area (Å²) in [4.78, 5) is 2.26. The van der Waals surface area contributed by atoms with E-state index in [9.17, 15) is 8.42 Å². The number of nitrogens with two attached hydrogens (primary N) is 1. The van der Waals surface area contributed by atoms with E-state index in [1.807, 2.05) is 0 Å². The Morgan fingerprint density at radius 2 is 1.69 bits per heavy atom. The fraction of sp³-hybridized carbons (Fsp3) is 1.00. The smallest absolute Gasteiger partial charge is 0.150 e. The molecular formula is C11H26N2O2S. The van der Waals surface area contributed by atoms with Gasteiger partial charge >= 0.3 is 0 Å². The Hall–Kier alpha value is -0.130. The normalized spacial score (nSPS) is 12.2. The maximum Gasteiger partial charge on any atom is 0.150 e. The molecule has 0 saturated heterocycles. The monoisotopic (exact) mass is 250 g/mol. The second kappa shape index (κ2) is 8.96. The van der Waals surface area contributed by atoms with Crippen molar-refractivity contribution < 1.29 is 8.42 Å². The molecule has 0 rings (SSSR count). The molecule has 98 valence electrons. The summed E-state index contributed by atoms with van der Waals surface area (Å²) in [7, 11) is -2.81. The molecule has 0 heterocycles. The minimum absolute atomic E-state index is 0.249. The predicted octanol–water partition coefficient (Wildman–Crippen LogP) is 0.872. The Labute approximate surface area is 100 Å². The highest BCUT2D eigenvalue weighted by Gasteiger charge is 2.09. The van der Waals surface area contributed by atoms with E-state index < -0.39 is 9.84 Å². The lowest BCUT2D eigenvalue weighted by Gasteiger charge is -2.20. The number of rotatable bonds is 10. The minimum Gasteiger partial charge on any atom is -0.329 e. The van der Waals surface area contributed by atoms with Crippen LogP contribution < -0.4 is 5.73 Å². The number of nitrogens with zero attached hydrogens (tertiary/aromatic N) is 1. The van der Waals surface area contributed by atoms with Crippen LogP contribution in [0.5, 0.6) is 0 Å². The molecule has 0 aromatic rings. The molecule has 0 bridgehead atoms. The third-order valence-electron chi connectivity index (χ3n) is 2.64. The van der Waals surface area contributed by atoms with E-state index in [0.717, 1.165) is 38.9 Å². The van der Waals surface area contributed by atoms with Crippen molar-refractivity contribution in [3.8, 4) is 0 Å². The number of unbranched alkanes of at least 4 members (excludes halogenated alkanes) is 1. The van der Waals surface area contributed by atoms with Gasteiger partial charge in [-0.2, -0.15) is 0 Å². The van der Waals surface area contributed by atoms with Gasteiger partial charge in [-0.05, 0) is 25.9 Å². The van der Waals surface area contributed by atoms with Crippen LogP contribution in [0.3, 0.4) is 0 Å². The Morgan fingerprint density at radius 1 is 1.06 bits per heavy atom. The summed E-state index contributed by atoms with van der Waals surface area (Å²) in [5, 5.41) is 0. The number of hydrogen-bond acceptors (Lipinski definition) is 4. The van der Waals surface area contributed by atoms with Crippen LogP contribution in [0, 0.1) is 0 Å². The van der Waals surface area contributed by atoms with Crippen LogP contribution in [-0.4, -0.2) is 51.0 Å². The first-order valence-corrected chi connectivity index (χ1v) is 8.00. The SMILES string of the molecule is CCCCN(CCN)CCCS(=O)(=O)CC. The van der Waals surface area contributed by atoms with Crippen LogP contribution in [0.2, 0.25) is 0 Å². The zero-order valence-electron chi connectivity index (χ0n) is 10.6. The molecule has 0 saturated carbocycles. The molecule has 0 aliphatic heterocycles. The highest BCUT2D eigenvalue weighted by molar-refractivity contribution is 7.91. The fourth-order valence-corrected chi connectivity index (χ4v) is 2.41. The Kier molecular flexibility index (Phi) is 8.89. The molecule has 16 heavy (non-hydrogen) atoms. The zero-order valence-corrected chi connectivity index (χ0v) is 11.4. The van der Waals surface area contributed by atoms with Crippen LogP contribution in [0.15, 0.2) is 0 Å². The zero-order chi connectivity index (χ0) is 12.4. The van der Waals surface area contributed by atoms with Crippen molar-refractivity contribution >= 4 is 9.84 Å².